The predicted octanol–water partition coefficient (Wildman–Crippen LogP) is 2.93. The number of aromatic nitrogens is 1. The third kappa shape index (κ3) is 3.91. The van der Waals surface area contributed by atoms with Crippen molar-refractivity contribution >= 4 is 23.5 Å². The Kier molecular flexibility index (Phi) is 5.43. The highest BCUT2D eigenvalue weighted by molar-refractivity contribution is 5.98. The van der Waals surface area contributed by atoms with E-state index in [2.05, 4.69) is 4.99 Å². The number of carboxylic acids is 1. The number of carbonyl (C=O) groups is 2. The molecule has 1 heterocycles. The Morgan fingerprint density at radius 3 is 2.55 bits per heavy atom. The van der Waals surface area contributed by atoms with Gasteiger partial charge in [-0.15, -0.1) is 0 Å². The first-order chi connectivity index (χ1) is 9.36. The van der Waals surface area contributed by atoms with Crippen molar-refractivity contribution in [3.63, 3.8) is 0 Å². The van der Waals surface area contributed by atoms with Gasteiger partial charge in [0, 0.05) is 34.9 Å². The van der Waals surface area contributed by atoms with Gasteiger partial charge in [-0.05, 0) is 33.3 Å². The number of rotatable bonds is 6. The molecule has 0 aliphatic rings. The Hall–Kier alpha value is -2.17. The monoisotopic (exact) mass is 276 g/mol. The van der Waals surface area contributed by atoms with Crippen molar-refractivity contribution in [1.29, 1.82) is 0 Å². The number of nitrogens with zero attached hydrogens (tertiary/aromatic N) is 2. The quantitative estimate of drug-likeness (QED) is 0.641. The van der Waals surface area contributed by atoms with Crippen molar-refractivity contribution in [3.8, 4) is 0 Å². The molecule has 0 saturated carbocycles. The van der Waals surface area contributed by atoms with Crippen LogP contribution in [0.25, 0.3) is 6.08 Å². The normalized spacial score (nSPS) is 12.1. The molecule has 1 aromatic heterocycles. The van der Waals surface area contributed by atoms with Gasteiger partial charge in [-0.2, -0.15) is 0 Å². The van der Waals surface area contributed by atoms with Crippen molar-refractivity contribution < 1.29 is 14.7 Å². The van der Waals surface area contributed by atoms with E-state index < -0.39 is 5.97 Å². The van der Waals surface area contributed by atoms with Crippen molar-refractivity contribution in [1.82, 2.24) is 4.57 Å². The lowest BCUT2D eigenvalue weighted by Gasteiger charge is -2.01. The lowest BCUT2D eigenvalue weighted by molar-refractivity contribution is -0.137. The minimum atomic E-state index is -0.937. The predicted molar refractivity (Wildman–Crippen MR) is 79.2 cm³/mol. The fraction of sp³-hybridized carbons (Fsp3) is 0.400. The fourth-order valence-corrected chi connectivity index (χ4v) is 1.80. The number of aliphatic imine (C=N–C) groups is 1. The molecular formula is C15H20N2O3. The maximum atomic E-state index is 11.6. The van der Waals surface area contributed by atoms with E-state index in [1.807, 2.05) is 13.8 Å². The Balaban J connectivity index is 3.19. The second-order valence-electron chi connectivity index (χ2n) is 4.65. The van der Waals surface area contributed by atoms with Gasteiger partial charge in [-0.3, -0.25) is 14.6 Å². The number of hydrogen-bond acceptors (Lipinski definition) is 3. The summed E-state index contributed by atoms with van der Waals surface area (Å²) in [5.74, 6) is -1.03. The third-order valence-electron chi connectivity index (χ3n) is 3.13. The van der Waals surface area contributed by atoms with Gasteiger partial charge in [0.25, 0.3) is 0 Å². The zero-order valence-electron chi connectivity index (χ0n) is 12.3. The molecule has 5 heteroatoms. The number of hydrogen-bond donors (Lipinski definition) is 1. The molecule has 0 unspecified atom stereocenters. The Labute approximate surface area is 118 Å². The maximum absolute atomic E-state index is 11.6. The molecule has 0 saturated heterocycles. The summed E-state index contributed by atoms with van der Waals surface area (Å²) in [6, 6.07) is 0. The number of aliphatic carboxylic acids is 1. The molecule has 1 N–H and O–H groups in total. The van der Waals surface area contributed by atoms with Crippen molar-refractivity contribution in [3.05, 3.63) is 29.2 Å². The van der Waals surface area contributed by atoms with Crippen LogP contribution in [0.15, 0.2) is 17.4 Å². The topological polar surface area (TPSA) is 71.7 Å². The van der Waals surface area contributed by atoms with E-state index in [4.69, 9.17) is 5.11 Å². The van der Waals surface area contributed by atoms with Gasteiger partial charge < -0.3 is 9.67 Å². The summed E-state index contributed by atoms with van der Waals surface area (Å²) in [7, 11) is 0. The van der Waals surface area contributed by atoms with Gasteiger partial charge in [0.05, 0.1) is 0 Å². The molecule has 0 amide bonds. The van der Waals surface area contributed by atoms with Gasteiger partial charge in [0.1, 0.15) is 6.54 Å². The highest BCUT2D eigenvalue weighted by Gasteiger charge is 2.15. The van der Waals surface area contributed by atoms with Crippen molar-refractivity contribution in [2.24, 2.45) is 4.99 Å². The Bertz CT molecular complexity index is 580. The minimum Gasteiger partial charge on any atom is -0.480 e. The van der Waals surface area contributed by atoms with Crippen LogP contribution < -0.4 is 0 Å². The fourth-order valence-electron chi connectivity index (χ4n) is 1.80. The molecule has 0 aliphatic heterocycles. The summed E-state index contributed by atoms with van der Waals surface area (Å²) in [6.45, 7) is 7.06. The van der Waals surface area contributed by atoms with Gasteiger partial charge in [-0.25, -0.2) is 0 Å². The number of carboxylic acid groups (broad SMARTS) is 1. The maximum Gasteiger partial charge on any atom is 0.323 e. The number of carbonyl (C=O) groups excluding carboxylic acids is 1. The van der Waals surface area contributed by atoms with Crippen LogP contribution in [0.4, 0.5) is 0 Å². The first-order valence-electron chi connectivity index (χ1n) is 6.49. The van der Waals surface area contributed by atoms with Crippen molar-refractivity contribution in [2.45, 2.75) is 40.7 Å². The zero-order valence-corrected chi connectivity index (χ0v) is 12.3. The molecule has 0 bridgehead atoms. The molecule has 1 aromatic rings. The van der Waals surface area contributed by atoms with Crippen LogP contribution in [-0.2, 0) is 11.3 Å². The van der Waals surface area contributed by atoms with Crippen LogP contribution in [0, 0.1) is 6.92 Å². The molecule has 108 valence electrons. The largest absolute Gasteiger partial charge is 0.480 e. The van der Waals surface area contributed by atoms with E-state index in [0.717, 1.165) is 23.4 Å². The summed E-state index contributed by atoms with van der Waals surface area (Å²) >= 11 is 0. The second kappa shape index (κ2) is 6.84. The van der Waals surface area contributed by atoms with E-state index in [1.54, 1.807) is 30.0 Å². The third-order valence-corrected chi connectivity index (χ3v) is 3.13. The highest BCUT2D eigenvalue weighted by atomic mass is 16.4. The SMILES string of the molecule is CCC(C)=NC=Cc1c(C(C)=O)cn(CC(=O)O)c1C. The summed E-state index contributed by atoms with van der Waals surface area (Å²) in [5, 5.41) is 8.87. The lowest BCUT2D eigenvalue weighted by atomic mass is 10.1. The lowest BCUT2D eigenvalue weighted by Crippen LogP contribution is -2.09. The first-order valence-corrected chi connectivity index (χ1v) is 6.49. The van der Waals surface area contributed by atoms with Gasteiger partial charge >= 0.3 is 5.97 Å². The standard InChI is InChI=1S/C15H20N2O3/c1-5-10(2)16-7-6-13-11(3)17(9-15(19)20)8-14(13)12(4)18/h6-8H,5,9H2,1-4H3,(H,19,20). The van der Waals surface area contributed by atoms with Gasteiger partial charge in [-0.1, -0.05) is 6.92 Å². The van der Waals surface area contributed by atoms with E-state index in [-0.39, 0.29) is 12.3 Å². The van der Waals surface area contributed by atoms with Crippen LogP contribution in [-0.4, -0.2) is 27.1 Å². The molecule has 0 atom stereocenters. The van der Waals surface area contributed by atoms with Crippen LogP contribution in [0.3, 0.4) is 0 Å². The second-order valence-corrected chi connectivity index (χ2v) is 4.65. The Morgan fingerprint density at radius 1 is 1.40 bits per heavy atom. The van der Waals surface area contributed by atoms with Crippen LogP contribution in [0.1, 0.15) is 48.8 Å². The molecule has 20 heavy (non-hydrogen) atoms. The van der Waals surface area contributed by atoms with Crippen LogP contribution in [0.2, 0.25) is 0 Å². The first kappa shape index (κ1) is 15.9. The average Bonchev–Trinajstić information content (AvgIpc) is 2.67. The Morgan fingerprint density at radius 2 is 2.05 bits per heavy atom. The molecule has 0 aliphatic carbocycles. The molecule has 0 radical (unpaired) electrons. The van der Waals surface area contributed by atoms with E-state index in [9.17, 15) is 9.59 Å². The number of Topliss-reactive ketones (excluding diaryl/α,β-unsaturated/α-hetero) is 1. The van der Waals surface area contributed by atoms with Gasteiger partial charge in [0.2, 0.25) is 0 Å². The minimum absolute atomic E-state index is 0.0897. The average molecular weight is 276 g/mol. The molecule has 5 nitrogen and oxygen atoms in total. The smallest absolute Gasteiger partial charge is 0.323 e. The van der Waals surface area contributed by atoms with Gasteiger partial charge in [0.15, 0.2) is 5.78 Å². The molecule has 0 spiro atoms. The molecule has 1 rings (SSSR count). The van der Waals surface area contributed by atoms with E-state index in [1.165, 1.54) is 6.92 Å². The number of ketones is 1. The van der Waals surface area contributed by atoms with Crippen LogP contribution in [0.5, 0.6) is 0 Å². The highest BCUT2D eigenvalue weighted by Crippen LogP contribution is 2.19. The molecular weight excluding hydrogens is 256 g/mol. The molecule has 0 fully saturated rings. The zero-order chi connectivity index (χ0) is 15.3. The van der Waals surface area contributed by atoms with E-state index in [0.29, 0.717) is 5.56 Å². The summed E-state index contributed by atoms with van der Waals surface area (Å²) in [6.07, 6.45) is 5.85. The summed E-state index contributed by atoms with van der Waals surface area (Å²) in [4.78, 5) is 26.7. The summed E-state index contributed by atoms with van der Waals surface area (Å²) in [5.41, 5.74) is 2.99. The van der Waals surface area contributed by atoms with Crippen LogP contribution >= 0.6 is 0 Å². The molecule has 0 aromatic carbocycles. The summed E-state index contributed by atoms with van der Waals surface area (Å²) < 4.78 is 1.56. The van der Waals surface area contributed by atoms with Crippen molar-refractivity contribution in [2.75, 3.05) is 0 Å². The van der Waals surface area contributed by atoms with E-state index >= 15 is 0 Å².